The summed E-state index contributed by atoms with van der Waals surface area (Å²) in [6.45, 7) is 17.6. The number of rotatable bonds is 16. The van der Waals surface area contributed by atoms with Gasteiger partial charge in [-0.25, -0.2) is 13.2 Å². The van der Waals surface area contributed by atoms with Gasteiger partial charge in [-0.2, -0.15) is 65.9 Å². The fourth-order valence-corrected chi connectivity index (χ4v) is 16.8. The monoisotopic (exact) mass is 2010 g/mol. The van der Waals surface area contributed by atoms with Crippen LogP contribution in [-0.4, -0.2) is 32.9 Å². The summed E-state index contributed by atoms with van der Waals surface area (Å²) in [7, 11) is 1.00. The van der Waals surface area contributed by atoms with Gasteiger partial charge in [-0.05, 0) is 258 Å². The Balaban J connectivity index is 0.000000267. The van der Waals surface area contributed by atoms with E-state index in [1.165, 1.54) is 37.3 Å². The molecule has 0 N–H and O–H groups in total. The molecule has 0 spiro atoms. The van der Waals surface area contributed by atoms with Crippen molar-refractivity contribution in [3.63, 3.8) is 0 Å². The average Bonchev–Trinajstić information content (AvgIpc) is 0.717. The van der Waals surface area contributed by atoms with E-state index in [1.54, 1.807) is 38.1 Å². The fraction of sp³-hybridized carbons (Fsp3) is 0.150. The molecule has 0 unspecified atom stereocenters. The summed E-state index contributed by atoms with van der Waals surface area (Å²) >= 11 is 0. The van der Waals surface area contributed by atoms with Crippen LogP contribution in [0.1, 0.15) is 90.1 Å². The third-order valence-corrected chi connectivity index (χ3v) is 22.7. The highest BCUT2D eigenvalue weighted by molar-refractivity contribution is 6.17. The van der Waals surface area contributed by atoms with Gasteiger partial charge in [0.15, 0.2) is 0 Å². The third kappa shape index (κ3) is 30.8. The van der Waals surface area contributed by atoms with Crippen LogP contribution in [0.2, 0.25) is 0 Å². The lowest BCUT2D eigenvalue weighted by Gasteiger charge is -2.29. The number of alkyl halides is 17. The van der Waals surface area contributed by atoms with Crippen LogP contribution in [0.15, 0.2) is 413 Å². The molecule has 20 heteroatoms. The summed E-state index contributed by atoms with van der Waals surface area (Å²) in [5.74, 6) is -1.79. The summed E-state index contributed by atoms with van der Waals surface area (Å²) in [4.78, 5) is 0. The molecule has 0 aliphatic rings. The quantitative estimate of drug-likeness (QED) is 0.0846. The second kappa shape index (κ2) is 53.4. The van der Waals surface area contributed by atoms with Crippen molar-refractivity contribution in [2.45, 2.75) is 114 Å². The Hall–Kier alpha value is -15.4. The predicted octanol–water partition coefficient (Wildman–Crippen LogP) is 42.4. The maximum atomic E-state index is 14.4. The van der Waals surface area contributed by atoms with Gasteiger partial charge >= 0.3 is 30.9 Å². The van der Waals surface area contributed by atoms with Crippen LogP contribution < -0.4 is 0 Å². The van der Waals surface area contributed by atoms with E-state index in [0.29, 0.717) is 42.2 Å². The first-order chi connectivity index (χ1) is 70.3. The van der Waals surface area contributed by atoms with Gasteiger partial charge in [0.2, 0.25) is 0 Å². The summed E-state index contributed by atoms with van der Waals surface area (Å²) in [6.07, 6.45) is -21.3. The third-order valence-electron chi connectivity index (χ3n) is 22.7. The Morgan fingerprint density at radius 3 is 0.435 bits per heavy atom. The topological polar surface area (TPSA) is 0 Å². The Morgan fingerprint density at radius 2 is 0.272 bits per heavy atom. The molecular weight excluding hydrogens is 1910 g/mol. The Bertz CT molecular complexity index is 6480. The number of halogens is 20. The van der Waals surface area contributed by atoms with E-state index >= 15 is 0 Å². The molecule has 147 heavy (non-hydrogen) atoms. The van der Waals surface area contributed by atoms with Crippen LogP contribution in [-0.2, 0) is 12.4 Å². The van der Waals surface area contributed by atoms with Gasteiger partial charge in [-0.3, -0.25) is 8.78 Å². The molecule has 0 aliphatic heterocycles. The highest BCUT2D eigenvalue weighted by atomic mass is 19.4. The van der Waals surface area contributed by atoms with Crippen LogP contribution in [0.5, 0.6) is 0 Å². The maximum Gasteiger partial charge on any atom is 0.419 e. The molecular formula is C127H110F20. The van der Waals surface area contributed by atoms with Crippen molar-refractivity contribution in [1.29, 1.82) is 0 Å². The molecule has 0 nitrogen and oxygen atoms in total. The minimum atomic E-state index is -4.83. The normalized spacial score (nSPS) is 10.9. The lowest BCUT2D eigenvalue weighted by atomic mass is 9.74. The molecule has 0 bridgehead atoms. The first kappa shape index (κ1) is 115. The van der Waals surface area contributed by atoms with Crippen molar-refractivity contribution in [3.8, 4) is 178 Å². The summed E-state index contributed by atoms with van der Waals surface area (Å²) in [5.41, 5.74) is 29.1. The molecule has 0 aromatic heterocycles. The van der Waals surface area contributed by atoms with Gasteiger partial charge in [-0.1, -0.05) is 412 Å². The van der Waals surface area contributed by atoms with Crippen LogP contribution >= 0.6 is 0 Å². The summed E-state index contributed by atoms with van der Waals surface area (Å²) < 4.78 is 239. The molecule has 18 aromatic carbocycles. The first-order valence-electron chi connectivity index (χ1n) is 47.2. The van der Waals surface area contributed by atoms with E-state index in [1.807, 2.05) is 193 Å². The lowest BCUT2D eigenvalue weighted by molar-refractivity contribution is -0.140. The highest BCUT2D eigenvalue weighted by Gasteiger charge is 2.37. The number of aryl methyl sites for hydroxylation is 3. The van der Waals surface area contributed by atoms with Crippen molar-refractivity contribution < 1.29 is 87.8 Å². The molecule has 0 aliphatic carbocycles. The minimum Gasteiger partial charge on any atom is -0.255 e. The second-order valence-electron chi connectivity index (χ2n) is 32.7. The zero-order valence-electron chi connectivity index (χ0n) is 83.3. The highest BCUT2D eigenvalue weighted by Crippen LogP contribution is 2.59. The van der Waals surface area contributed by atoms with Gasteiger partial charge in [0.25, 0.3) is 0 Å². The van der Waals surface area contributed by atoms with E-state index in [9.17, 15) is 87.8 Å². The maximum absolute atomic E-state index is 14.4. The van der Waals surface area contributed by atoms with Gasteiger partial charge in [0, 0.05) is 20.8 Å². The van der Waals surface area contributed by atoms with Crippen molar-refractivity contribution in [2.75, 3.05) is 14.4 Å². The zero-order valence-corrected chi connectivity index (χ0v) is 83.3. The molecule has 0 heterocycles. The molecule has 0 saturated carbocycles. The van der Waals surface area contributed by atoms with E-state index in [-0.39, 0.29) is 43.5 Å². The average molecular weight is 2020 g/mol. The number of hydrogen-bond acceptors (Lipinski definition) is 0. The van der Waals surface area contributed by atoms with E-state index in [2.05, 4.69) is 194 Å². The molecule has 18 aromatic rings. The van der Waals surface area contributed by atoms with Gasteiger partial charge in [-0.15, -0.1) is 0 Å². The molecule has 758 valence electrons. The number of benzene rings is 18. The van der Waals surface area contributed by atoms with E-state index in [0.717, 1.165) is 168 Å². The molecule has 0 atom stereocenters. The molecule has 0 amide bonds. The Labute approximate surface area is 847 Å². The fourth-order valence-electron chi connectivity index (χ4n) is 16.8. The molecule has 0 radical (unpaired) electrons. The van der Waals surface area contributed by atoms with Gasteiger partial charge in [0.1, 0.15) is 17.5 Å². The minimum absolute atomic E-state index is 0.188. The van der Waals surface area contributed by atoms with Crippen molar-refractivity contribution in [1.82, 2.24) is 0 Å². The van der Waals surface area contributed by atoms with Crippen molar-refractivity contribution in [2.24, 2.45) is 0 Å². The van der Waals surface area contributed by atoms with Crippen LogP contribution in [0, 0.1) is 38.2 Å². The van der Waals surface area contributed by atoms with E-state index < -0.39 is 47.8 Å². The van der Waals surface area contributed by atoms with Gasteiger partial charge in [0.05, 0.1) is 25.5 Å². The Kier molecular flexibility index (Phi) is 41.8. The van der Waals surface area contributed by atoms with Crippen molar-refractivity contribution >= 4 is 0 Å². The largest absolute Gasteiger partial charge is 0.419 e. The second-order valence-corrected chi connectivity index (χ2v) is 32.7. The first-order valence-corrected chi connectivity index (χ1v) is 47.2. The van der Waals surface area contributed by atoms with Gasteiger partial charge < -0.3 is 0 Å². The molecule has 18 rings (SSSR count). The summed E-state index contributed by atoms with van der Waals surface area (Å²) in [5, 5.41) is 0. The standard InChI is InChI=1S/C57H40F4.C56H37F5.3C2H3F3.3C2H6.2CH3F/c1-37-23-24-48(36-49(37)57(59,60)61)40-27-31-46(32-28-40)56-53(43-19-11-5-12-20-43)51(41-15-7-3-8-16-41)55(45-29-25-39(26-30-45)47-33-34-50(58)38(2)35-47)52(42-17-9-4-10-18-42)54(56)44-21-13-6-14-22-44;1-36-34-45(30-32-48(36)57)37-22-26-43(27-23-37)54-50(39-14-6-2-7-15-39)52(41-18-10-4-11-19-41)55(53(42-20-12-5-13-21-42)51(54)40-16-8-3-9-17-40)44-28-24-38(25-29-44)46-31-33-49(58)47(35-46)56(59,60)61;3*1-2(3,4)5;5*1-2/h3-36H,1-2H3;2-35H,1H3;3*1H3;3*1-2H3;2*1H3. The van der Waals surface area contributed by atoms with Crippen LogP contribution in [0.4, 0.5) is 87.8 Å². The number of hydrogen-bond donors (Lipinski definition) is 0. The lowest BCUT2D eigenvalue weighted by Crippen LogP contribution is -2.08. The van der Waals surface area contributed by atoms with Crippen LogP contribution in [0.3, 0.4) is 0 Å². The van der Waals surface area contributed by atoms with Crippen molar-refractivity contribution in [3.05, 3.63) is 458 Å². The zero-order chi connectivity index (χ0) is 108. The Morgan fingerprint density at radius 1 is 0.143 bits per heavy atom. The smallest absolute Gasteiger partial charge is 0.255 e. The van der Waals surface area contributed by atoms with Crippen LogP contribution in [0.25, 0.3) is 178 Å². The SMILES string of the molecule is CC.CC.CC.CC(F)(F)F.CC(F)(F)F.CC(F)(F)F.CF.CF.Cc1cc(-c2ccc(-c3c(-c4ccccc4)c(-c4ccccc4)c(-c4ccc(-c5ccc(C)c(C(F)(F)F)c5)cc4)c(-c4ccccc4)c3-c3ccccc3)cc2)ccc1F.Cc1cc(-c2ccc(-c3c(-c4ccccc4)c(-c4ccccc4)c(-c4ccc(-c5ccc(F)c(C(F)(F)F)c5)cc4)c(-c4ccccc4)c3-c3ccccc3)cc2)ccc1F. The molecule has 0 saturated heterocycles. The van der Waals surface area contributed by atoms with E-state index in [4.69, 9.17) is 0 Å². The summed E-state index contributed by atoms with van der Waals surface area (Å²) in [6, 6.07) is 133. The predicted molar refractivity (Wildman–Crippen MR) is 567 cm³/mol. The molecule has 0 fully saturated rings.